The van der Waals surface area contributed by atoms with Crippen molar-refractivity contribution in [3.63, 3.8) is 0 Å². The monoisotopic (exact) mass is 233 g/mol. The largest absolute Gasteiger partial charge is 0.384 e. The van der Waals surface area contributed by atoms with Crippen LogP contribution in [0.5, 0.6) is 0 Å². The minimum atomic E-state index is -0.219. The number of rotatable bonds is 2. The summed E-state index contributed by atoms with van der Waals surface area (Å²) in [5.41, 5.74) is 7.29. The van der Waals surface area contributed by atoms with Crippen LogP contribution in [0.15, 0.2) is 38.9 Å². The zero-order chi connectivity index (χ0) is 11.5. The van der Waals surface area contributed by atoms with Crippen LogP contribution >= 0.6 is 11.3 Å². The molecular weight excluding hydrogens is 222 g/mol. The topological polar surface area (TPSA) is 60.4 Å². The van der Waals surface area contributed by atoms with Gasteiger partial charge >= 0.3 is 0 Å². The van der Waals surface area contributed by atoms with Gasteiger partial charge < -0.3 is 5.73 Å². The third-order valence-corrected chi connectivity index (χ3v) is 2.75. The average molecular weight is 233 g/mol. The lowest BCUT2D eigenvalue weighted by molar-refractivity contribution is 0.843. The average Bonchev–Trinajstić information content (AvgIpc) is 2.68. The summed E-state index contributed by atoms with van der Waals surface area (Å²) < 4.78 is 1.19. The number of hydrogen-bond acceptors (Lipinski definition) is 4. The van der Waals surface area contributed by atoms with E-state index in [0.29, 0.717) is 5.82 Å². The van der Waals surface area contributed by atoms with Crippen molar-refractivity contribution in [2.45, 2.75) is 6.92 Å². The molecule has 0 aliphatic carbocycles. The van der Waals surface area contributed by atoms with E-state index in [2.05, 4.69) is 5.10 Å². The number of nitrogens with zero attached hydrogens (tertiary/aromatic N) is 2. The Morgan fingerprint density at radius 3 is 2.94 bits per heavy atom. The second-order valence-corrected chi connectivity index (χ2v) is 4.19. The lowest BCUT2D eigenvalue weighted by atomic mass is 10.3. The smallest absolute Gasteiger partial charge is 0.273 e. The van der Waals surface area contributed by atoms with E-state index in [4.69, 9.17) is 5.73 Å². The van der Waals surface area contributed by atoms with Gasteiger partial charge in [-0.25, -0.2) is 0 Å². The van der Waals surface area contributed by atoms with Crippen LogP contribution in [0.3, 0.4) is 0 Å². The van der Waals surface area contributed by atoms with E-state index in [-0.39, 0.29) is 5.56 Å². The maximum absolute atomic E-state index is 11.6. The van der Waals surface area contributed by atoms with Crippen molar-refractivity contribution >= 4 is 23.4 Å². The molecule has 82 valence electrons. The Bertz CT molecular complexity index is 569. The highest BCUT2D eigenvalue weighted by atomic mass is 32.1. The summed E-state index contributed by atoms with van der Waals surface area (Å²) in [6, 6.07) is 5.14. The summed E-state index contributed by atoms with van der Waals surface area (Å²) in [4.78, 5) is 11.6. The van der Waals surface area contributed by atoms with Gasteiger partial charge in [0.2, 0.25) is 0 Å². The first-order valence-electron chi connectivity index (χ1n) is 4.72. The van der Waals surface area contributed by atoms with E-state index in [9.17, 15) is 4.79 Å². The van der Waals surface area contributed by atoms with Crippen molar-refractivity contribution in [3.8, 4) is 0 Å². The van der Waals surface area contributed by atoms with Crippen LogP contribution in [0.2, 0.25) is 0 Å². The van der Waals surface area contributed by atoms with Crippen molar-refractivity contribution in [2.75, 3.05) is 5.73 Å². The molecule has 0 saturated carbocycles. The van der Waals surface area contributed by atoms with Crippen molar-refractivity contribution in [2.24, 2.45) is 5.10 Å². The number of anilines is 1. The molecule has 0 amide bonds. The fraction of sp³-hybridized carbons (Fsp3) is 0.0909. The van der Waals surface area contributed by atoms with Gasteiger partial charge in [0.15, 0.2) is 0 Å². The summed E-state index contributed by atoms with van der Waals surface area (Å²) >= 11 is 1.58. The second kappa shape index (κ2) is 4.32. The molecule has 2 rings (SSSR count). The van der Waals surface area contributed by atoms with Crippen LogP contribution in [0.4, 0.5) is 5.82 Å². The normalized spacial score (nSPS) is 11.1. The molecule has 2 N–H and O–H groups in total. The Morgan fingerprint density at radius 1 is 1.50 bits per heavy atom. The summed E-state index contributed by atoms with van der Waals surface area (Å²) in [7, 11) is 0. The molecule has 16 heavy (non-hydrogen) atoms. The van der Waals surface area contributed by atoms with Gasteiger partial charge in [-0.05, 0) is 35.4 Å². The Hall–Kier alpha value is -1.88. The van der Waals surface area contributed by atoms with Crippen molar-refractivity contribution in [1.29, 1.82) is 0 Å². The fourth-order valence-electron chi connectivity index (χ4n) is 1.32. The Morgan fingerprint density at radius 2 is 2.31 bits per heavy atom. The minimum Gasteiger partial charge on any atom is -0.384 e. The van der Waals surface area contributed by atoms with Gasteiger partial charge in [-0.1, -0.05) is 0 Å². The number of pyridine rings is 1. The number of nitrogens with two attached hydrogens (primary N) is 1. The van der Waals surface area contributed by atoms with Gasteiger partial charge in [-0.2, -0.15) is 21.1 Å². The summed E-state index contributed by atoms with van der Waals surface area (Å²) in [5, 5.41) is 7.94. The molecule has 0 spiro atoms. The van der Waals surface area contributed by atoms with E-state index in [1.54, 1.807) is 23.6 Å². The van der Waals surface area contributed by atoms with Gasteiger partial charge in [-0.3, -0.25) is 4.79 Å². The summed E-state index contributed by atoms with van der Waals surface area (Å²) in [5.74, 6) is 0.344. The lowest BCUT2D eigenvalue weighted by Gasteiger charge is -2.02. The molecule has 4 nitrogen and oxygen atoms in total. The maximum Gasteiger partial charge on any atom is 0.273 e. The Balaban J connectivity index is 2.39. The first kappa shape index (κ1) is 10.6. The molecule has 0 atom stereocenters. The van der Waals surface area contributed by atoms with E-state index in [1.807, 2.05) is 23.8 Å². The van der Waals surface area contributed by atoms with Crippen molar-refractivity contribution < 1.29 is 0 Å². The van der Waals surface area contributed by atoms with Crippen LogP contribution < -0.4 is 11.3 Å². The zero-order valence-corrected chi connectivity index (χ0v) is 9.57. The summed E-state index contributed by atoms with van der Waals surface area (Å²) in [6.07, 6.45) is 1.61. The number of nitrogen functional groups attached to an aromatic ring is 1. The zero-order valence-electron chi connectivity index (χ0n) is 8.75. The van der Waals surface area contributed by atoms with E-state index in [0.717, 1.165) is 11.1 Å². The molecule has 0 bridgehead atoms. The quantitative estimate of drug-likeness (QED) is 0.802. The predicted octanol–water partition coefficient (Wildman–Crippen LogP) is 1.68. The fourth-order valence-corrected chi connectivity index (χ4v) is 1.93. The molecule has 2 aromatic heterocycles. The van der Waals surface area contributed by atoms with Crippen LogP contribution in [-0.4, -0.2) is 10.9 Å². The standard InChI is InChI=1S/C11H11N3OS/c1-8-4-10(12)14(11(15)5-8)13-6-9-2-3-16-7-9/h2-7H,12H2,1H3/b13-6-. The van der Waals surface area contributed by atoms with E-state index in [1.165, 1.54) is 10.7 Å². The Labute approximate surface area is 96.7 Å². The molecule has 0 aliphatic heterocycles. The first-order chi connectivity index (χ1) is 7.66. The van der Waals surface area contributed by atoms with Crippen LogP contribution in [0, 0.1) is 6.92 Å². The number of aryl methyl sites for hydroxylation is 1. The molecule has 0 aliphatic rings. The van der Waals surface area contributed by atoms with Gasteiger partial charge in [0.05, 0.1) is 6.21 Å². The predicted molar refractivity (Wildman–Crippen MR) is 67.2 cm³/mol. The highest BCUT2D eigenvalue weighted by molar-refractivity contribution is 7.08. The molecular formula is C11H11N3OS. The minimum absolute atomic E-state index is 0.219. The lowest BCUT2D eigenvalue weighted by Crippen LogP contribution is -2.19. The van der Waals surface area contributed by atoms with Crippen LogP contribution in [0.25, 0.3) is 0 Å². The second-order valence-electron chi connectivity index (χ2n) is 3.41. The molecule has 0 fully saturated rings. The molecule has 0 radical (unpaired) electrons. The highest BCUT2D eigenvalue weighted by Crippen LogP contribution is 2.05. The third-order valence-electron chi connectivity index (χ3n) is 2.05. The van der Waals surface area contributed by atoms with E-state index >= 15 is 0 Å². The van der Waals surface area contributed by atoms with Gasteiger partial charge in [0.1, 0.15) is 5.82 Å². The SMILES string of the molecule is Cc1cc(N)n(/N=C\c2ccsc2)c(=O)c1. The molecule has 5 heteroatoms. The van der Waals surface area contributed by atoms with E-state index < -0.39 is 0 Å². The van der Waals surface area contributed by atoms with Gasteiger partial charge in [-0.15, -0.1) is 0 Å². The molecule has 0 unspecified atom stereocenters. The van der Waals surface area contributed by atoms with Crippen LogP contribution in [-0.2, 0) is 0 Å². The van der Waals surface area contributed by atoms with Gasteiger partial charge in [0, 0.05) is 11.6 Å². The number of thiophene rings is 1. The highest BCUT2D eigenvalue weighted by Gasteiger charge is 1.99. The van der Waals surface area contributed by atoms with Crippen molar-refractivity contribution in [1.82, 2.24) is 4.68 Å². The molecule has 2 heterocycles. The Kier molecular flexibility index (Phi) is 2.87. The molecule has 0 saturated heterocycles. The number of aromatic nitrogens is 1. The van der Waals surface area contributed by atoms with Crippen LogP contribution in [0.1, 0.15) is 11.1 Å². The molecule has 2 aromatic rings. The maximum atomic E-state index is 11.6. The third kappa shape index (κ3) is 2.20. The molecule has 0 aromatic carbocycles. The van der Waals surface area contributed by atoms with Crippen molar-refractivity contribution in [3.05, 3.63) is 50.4 Å². The summed E-state index contributed by atoms with van der Waals surface area (Å²) in [6.45, 7) is 1.82. The first-order valence-corrected chi connectivity index (χ1v) is 5.67. The number of hydrogen-bond donors (Lipinski definition) is 1. The van der Waals surface area contributed by atoms with Gasteiger partial charge in [0.25, 0.3) is 5.56 Å².